The van der Waals surface area contributed by atoms with Crippen LogP contribution in [0.2, 0.25) is 0 Å². The van der Waals surface area contributed by atoms with Gasteiger partial charge in [0, 0.05) is 34.2 Å². The number of aromatic amines is 2. The van der Waals surface area contributed by atoms with Gasteiger partial charge in [-0.15, -0.1) is 0 Å². The molecule has 5 nitrogen and oxygen atoms in total. The fraction of sp³-hybridized carbons (Fsp3) is 0.0606. The van der Waals surface area contributed by atoms with E-state index in [1.165, 1.54) is 17.2 Å². The lowest BCUT2D eigenvalue weighted by Gasteiger charge is -2.06. The molecule has 4 heterocycles. The third kappa shape index (κ3) is 4.46. The summed E-state index contributed by atoms with van der Waals surface area (Å²) in [5, 5.41) is 9.72. The van der Waals surface area contributed by atoms with Gasteiger partial charge in [-0.3, -0.25) is 15.1 Å². The van der Waals surface area contributed by atoms with Gasteiger partial charge in [0.2, 0.25) is 0 Å². The maximum Gasteiger partial charge on any atom is 0.123 e. The SMILES string of the molecule is Fc1cccc(-c2cccc3[nH]c(-c4n[nH]c5cnc(-c6cncc(CCc7ccccc7)c6)cc45)cc23)c1. The van der Waals surface area contributed by atoms with Gasteiger partial charge in [0.05, 0.1) is 23.1 Å². The molecule has 0 bridgehead atoms. The Morgan fingerprint density at radius 1 is 0.667 bits per heavy atom. The highest BCUT2D eigenvalue weighted by Crippen LogP contribution is 2.35. The maximum absolute atomic E-state index is 13.9. The van der Waals surface area contributed by atoms with E-state index in [2.05, 4.69) is 62.6 Å². The summed E-state index contributed by atoms with van der Waals surface area (Å²) in [4.78, 5) is 12.7. The number of benzene rings is 3. The third-order valence-electron chi connectivity index (χ3n) is 7.14. The van der Waals surface area contributed by atoms with Crippen LogP contribution >= 0.6 is 0 Å². The summed E-state index contributed by atoms with van der Waals surface area (Å²) in [6.45, 7) is 0. The van der Waals surface area contributed by atoms with Gasteiger partial charge in [0.15, 0.2) is 0 Å². The number of fused-ring (bicyclic) bond motifs is 2. The molecule has 0 aliphatic rings. The van der Waals surface area contributed by atoms with Crippen molar-refractivity contribution in [3.8, 4) is 33.8 Å². The number of H-pyrrole nitrogens is 2. The van der Waals surface area contributed by atoms with Crippen LogP contribution in [0.25, 0.3) is 55.6 Å². The summed E-state index contributed by atoms with van der Waals surface area (Å²) in [6.07, 6.45) is 7.47. The fourth-order valence-electron chi connectivity index (χ4n) is 5.17. The third-order valence-corrected chi connectivity index (χ3v) is 7.14. The van der Waals surface area contributed by atoms with Crippen LogP contribution in [0.15, 0.2) is 110 Å². The van der Waals surface area contributed by atoms with Crippen LogP contribution < -0.4 is 0 Å². The lowest BCUT2D eigenvalue weighted by atomic mass is 10.0. The molecule has 0 atom stereocenters. The summed E-state index contributed by atoms with van der Waals surface area (Å²) < 4.78 is 13.9. The number of halogens is 1. The Morgan fingerprint density at radius 2 is 1.54 bits per heavy atom. The smallest absolute Gasteiger partial charge is 0.123 e. The average Bonchev–Trinajstić information content (AvgIpc) is 3.60. The molecule has 0 unspecified atom stereocenters. The van der Waals surface area contributed by atoms with E-state index in [1.54, 1.807) is 12.1 Å². The van der Waals surface area contributed by atoms with Gasteiger partial charge in [-0.05, 0) is 71.5 Å². The van der Waals surface area contributed by atoms with Gasteiger partial charge < -0.3 is 4.98 Å². The second kappa shape index (κ2) is 9.65. The van der Waals surface area contributed by atoms with Crippen LogP contribution in [0.4, 0.5) is 4.39 Å². The van der Waals surface area contributed by atoms with Crippen molar-refractivity contribution >= 4 is 21.8 Å². The molecule has 0 spiro atoms. The zero-order valence-electron chi connectivity index (χ0n) is 21.0. The molecule has 7 aromatic rings. The molecule has 0 saturated carbocycles. The van der Waals surface area contributed by atoms with Gasteiger partial charge in [0.1, 0.15) is 11.5 Å². The molecular formula is C33H24FN5. The van der Waals surface area contributed by atoms with E-state index in [0.717, 1.165) is 68.4 Å². The number of aromatic nitrogens is 5. The van der Waals surface area contributed by atoms with Crippen LogP contribution in [0.3, 0.4) is 0 Å². The molecule has 188 valence electrons. The first-order chi connectivity index (χ1) is 19.2. The topological polar surface area (TPSA) is 70.2 Å². The van der Waals surface area contributed by atoms with Gasteiger partial charge in [-0.1, -0.05) is 54.6 Å². The molecule has 0 amide bonds. The molecule has 0 radical (unpaired) electrons. The standard InChI is InChI=1S/C33H24FN5/c34-25-9-4-8-23(15-25)26-10-5-11-29-27(26)16-31(37-29)33-28-17-30(36-20-32(28)38-39-33)24-14-22(18-35-19-24)13-12-21-6-2-1-3-7-21/h1-11,14-20,37H,12-13H2,(H,38,39). The Bertz CT molecular complexity index is 1940. The van der Waals surface area contributed by atoms with Crippen molar-refractivity contribution < 1.29 is 4.39 Å². The average molecular weight is 510 g/mol. The van der Waals surface area contributed by atoms with Crippen molar-refractivity contribution in [3.05, 3.63) is 127 Å². The summed E-state index contributed by atoms with van der Waals surface area (Å²) in [5.74, 6) is -0.253. The first kappa shape index (κ1) is 23.0. The fourth-order valence-corrected chi connectivity index (χ4v) is 5.17. The predicted octanol–water partition coefficient (Wildman–Crippen LogP) is 7.76. The number of hydrogen-bond donors (Lipinski definition) is 2. The Kier molecular flexibility index (Phi) is 5.70. The number of nitrogens with one attached hydrogen (secondary N) is 2. The van der Waals surface area contributed by atoms with Crippen LogP contribution in [0, 0.1) is 5.82 Å². The van der Waals surface area contributed by atoms with Crippen molar-refractivity contribution in [2.45, 2.75) is 12.8 Å². The van der Waals surface area contributed by atoms with Gasteiger partial charge >= 0.3 is 0 Å². The van der Waals surface area contributed by atoms with Crippen molar-refractivity contribution in [2.24, 2.45) is 0 Å². The van der Waals surface area contributed by atoms with Crippen LogP contribution in [0.1, 0.15) is 11.1 Å². The molecular weight excluding hydrogens is 485 g/mol. The lowest BCUT2D eigenvalue weighted by molar-refractivity contribution is 0.628. The largest absolute Gasteiger partial charge is 0.353 e. The molecule has 7 rings (SSSR count). The van der Waals surface area contributed by atoms with Crippen LogP contribution in [0.5, 0.6) is 0 Å². The lowest BCUT2D eigenvalue weighted by Crippen LogP contribution is -1.93. The Balaban J connectivity index is 1.24. The van der Waals surface area contributed by atoms with Crippen molar-refractivity contribution in [1.82, 2.24) is 25.1 Å². The quantitative estimate of drug-likeness (QED) is 0.241. The molecule has 0 saturated heterocycles. The molecule has 0 fully saturated rings. The molecule has 2 N–H and O–H groups in total. The Morgan fingerprint density at radius 3 is 2.44 bits per heavy atom. The monoisotopic (exact) mass is 509 g/mol. The Labute approximate surface area is 224 Å². The molecule has 39 heavy (non-hydrogen) atoms. The number of rotatable bonds is 6. The van der Waals surface area contributed by atoms with Crippen molar-refractivity contribution in [3.63, 3.8) is 0 Å². The van der Waals surface area contributed by atoms with E-state index in [1.807, 2.05) is 48.9 Å². The molecule has 3 aromatic carbocycles. The summed E-state index contributed by atoms with van der Waals surface area (Å²) >= 11 is 0. The van der Waals surface area contributed by atoms with Crippen LogP contribution in [-0.4, -0.2) is 25.1 Å². The minimum atomic E-state index is -0.253. The van der Waals surface area contributed by atoms with Gasteiger partial charge in [-0.25, -0.2) is 4.39 Å². The first-order valence-corrected chi connectivity index (χ1v) is 12.9. The minimum Gasteiger partial charge on any atom is -0.353 e. The van der Waals surface area contributed by atoms with E-state index in [0.29, 0.717) is 0 Å². The van der Waals surface area contributed by atoms with E-state index in [-0.39, 0.29) is 5.82 Å². The number of pyridine rings is 2. The second-order valence-corrected chi connectivity index (χ2v) is 9.71. The normalized spacial score (nSPS) is 11.4. The summed E-state index contributed by atoms with van der Waals surface area (Å²) in [5.41, 5.74) is 9.61. The van der Waals surface area contributed by atoms with Crippen molar-refractivity contribution in [1.29, 1.82) is 0 Å². The number of hydrogen-bond acceptors (Lipinski definition) is 3. The summed E-state index contributed by atoms with van der Waals surface area (Å²) in [6, 6.07) is 29.5. The minimum absolute atomic E-state index is 0.253. The number of aryl methyl sites for hydroxylation is 2. The number of nitrogens with zero attached hydrogens (tertiary/aromatic N) is 3. The van der Waals surface area contributed by atoms with Gasteiger partial charge in [0.25, 0.3) is 0 Å². The molecule has 0 aliphatic heterocycles. The maximum atomic E-state index is 13.9. The van der Waals surface area contributed by atoms with E-state index < -0.39 is 0 Å². The highest BCUT2D eigenvalue weighted by Gasteiger charge is 2.15. The Hall–Kier alpha value is -5.10. The van der Waals surface area contributed by atoms with E-state index in [4.69, 9.17) is 4.98 Å². The predicted molar refractivity (Wildman–Crippen MR) is 154 cm³/mol. The highest BCUT2D eigenvalue weighted by molar-refractivity contribution is 6.01. The molecule has 6 heteroatoms. The van der Waals surface area contributed by atoms with E-state index >= 15 is 0 Å². The van der Waals surface area contributed by atoms with E-state index in [9.17, 15) is 4.39 Å². The molecule has 0 aliphatic carbocycles. The first-order valence-electron chi connectivity index (χ1n) is 12.9. The van der Waals surface area contributed by atoms with Gasteiger partial charge in [-0.2, -0.15) is 5.10 Å². The second-order valence-electron chi connectivity index (χ2n) is 9.71. The van der Waals surface area contributed by atoms with Crippen LogP contribution in [-0.2, 0) is 12.8 Å². The van der Waals surface area contributed by atoms with Crippen molar-refractivity contribution in [2.75, 3.05) is 0 Å². The summed E-state index contributed by atoms with van der Waals surface area (Å²) in [7, 11) is 0. The zero-order valence-corrected chi connectivity index (χ0v) is 21.0. The highest BCUT2D eigenvalue weighted by atomic mass is 19.1. The zero-order chi connectivity index (χ0) is 26.2. The molecule has 4 aromatic heterocycles.